The van der Waals surface area contributed by atoms with Crippen molar-refractivity contribution < 1.29 is 9.62 Å². The first-order valence-electron chi connectivity index (χ1n) is 5.98. The summed E-state index contributed by atoms with van der Waals surface area (Å²) >= 11 is 3.39. The molecule has 2 aromatic carbocycles. The monoisotopic (exact) mass is 330 g/mol. The molecule has 0 atom stereocenters. The van der Waals surface area contributed by atoms with Crippen LogP contribution in [0.15, 0.2) is 68.7 Å². The SMILES string of the molecule is ONC(=Nc1cccc(Br)c1)c1ccc2occc2c1. The highest BCUT2D eigenvalue weighted by atomic mass is 79.9. The molecule has 100 valence electrons. The number of fused-ring (bicyclic) bond motifs is 1. The number of amidine groups is 1. The van der Waals surface area contributed by atoms with Gasteiger partial charge in [-0.05, 0) is 42.5 Å². The van der Waals surface area contributed by atoms with Gasteiger partial charge in [-0.3, -0.25) is 10.7 Å². The Morgan fingerprint density at radius 2 is 2.05 bits per heavy atom. The Hall–Kier alpha value is -2.11. The molecule has 3 aromatic rings. The van der Waals surface area contributed by atoms with Gasteiger partial charge in [0.1, 0.15) is 5.58 Å². The zero-order valence-electron chi connectivity index (χ0n) is 10.4. The molecular formula is C15H11BrN2O2. The lowest BCUT2D eigenvalue weighted by atomic mass is 10.1. The van der Waals surface area contributed by atoms with Crippen molar-refractivity contribution in [3.8, 4) is 0 Å². The number of aliphatic imine (C=N–C) groups is 1. The molecular weight excluding hydrogens is 320 g/mol. The average Bonchev–Trinajstić information content (AvgIpc) is 2.92. The van der Waals surface area contributed by atoms with Crippen LogP contribution in [0.2, 0.25) is 0 Å². The molecule has 20 heavy (non-hydrogen) atoms. The number of furan rings is 1. The van der Waals surface area contributed by atoms with Crippen LogP contribution in [0, 0.1) is 0 Å². The Morgan fingerprint density at radius 1 is 1.15 bits per heavy atom. The van der Waals surface area contributed by atoms with Gasteiger partial charge in [-0.1, -0.05) is 22.0 Å². The second-order valence-electron chi connectivity index (χ2n) is 4.23. The van der Waals surface area contributed by atoms with Crippen LogP contribution in [-0.4, -0.2) is 11.0 Å². The van der Waals surface area contributed by atoms with Crippen molar-refractivity contribution in [3.05, 3.63) is 64.8 Å². The Morgan fingerprint density at radius 3 is 2.85 bits per heavy atom. The summed E-state index contributed by atoms with van der Waals surface area (Å²) in [6.07, 6.45) is 1.63. The van der Waals surface area contributed by atoms with E-state index in [1.807, 2.05) is 48.5 Å². The molecule has 0 unspecified atom stereocenters. The van der Waals surface area contributed by atoms with Gasteiger partial charge in [0, 0.05) is 15.4 Å². The Labute approximate surface area is 123 Å². The molecule has 0 saturated heterocycles. The number of hydrogen-bond acceptors (Lipinski definition) is 3. The maximum absolute atomic E-state index is 9.32. The van der Waals surface area contributed by atoms with E-state index in [-0.39, 0.29) is 0 Å². The first kappa shape index (κ1) is 12.9. The summed E-state index contributed by atoms with van der Waals surface area (Å²) in [5.74, 6) is 0.381. The van der Waals surface area contributed by atoms with E-state index in [0.29, 0.717) is 5.84 Å². The number of halogens is 1. The third-order valence-corrected chi connectivity index (χ3v) is 3.37. The zero-order chi connectivity index (χ0) is 13.9. The Bertz CT molecular complexity index is 780. The summed E-state index contributed by atoms with van der Waals surface area (Å²) in [6.45, 7) is 0. The third kappa shape index (κ3) is 2.59. The van der Waals surface area contributed by atoms with Crippen LogP contribution >= 0.6 is 15.9 Å². The standard InChI is InChI=1S/C15H11BrN2O2/c16-12-2-1-3-13(9-12)17-15(18-19)11-4-5-14-10(8-11)6-7-20-14/h1-9,19H,(H,17,18). The number of benzene rings is 2. The van der Waals surface area contributed by atoms with E-state index in [4.69, 9.17) is 4.42 Å². The molecule has 5 heteroatoms. The van der Waals surface area contributed by atoms with Gasteiger partial charge >= 0.3 is 0 Å². The van der Waals surface area contributed by atoms with Crippen molar-refractivity contribution in [2.45, 2.75) is 0 Å². The van der Waals surface area contributed by atoms with Gasteiger partial charge in [0.2, 0.25) is 0 Å². The molecule has 0 spiro atoms. The lowest BCUT2D eigenvalue weighted by molar-refractivity contribution is 0.235. The number of nitrogens with zero attached hydrogens (tertiary/aromatic N) is 1. The molecule has 1 heterocycles. The Balaban J connectivity index is 2.04. The van der Waals surface area contributed by atoms with E-state index in [2.05, 4.69) is 26.4 Å². The van der Waals surface area contributed by atoms with Crippen molar-refractivity contribution in [3.63, 3.8) is 0 Å². The third-order valence-electron chi connectivity index (χ3n) is 2.88. The molecule has 0 aliphatic rings. The van der Waals surface area contributed by atoms with Crippen LogP contribution in [0.3, 0.4) is 0 Å². The van der Waals surface area contributed by atoms with E-state index in [9.17, 15) is 5.21 Å². The second-order valence-corrected chi connectivity index (χ2v) is 5.14. The molecule has 4 nitrogen and oxygen atoms in total. The maximum atomic E-state index is 9.32. The molecule has 0 aliphatic heterocycles. The van der Waals surface area contributed by atoms with Crippen LogP contribution in [0.5, 0.6) is 0 Å². The zero-order valence-corrected chi connectivity index (χ0v) is 12.0. The number of hydroxylamine groups is 1. The highest BCUT2D eigenvalue weighted by Gasteiger charge is 2.05. The summed E-state index contributed by atoms with van der Waals surface area (Å²) < 4.78 is 6.22. The molecule has 0 bridgehead atoms. The second kappa shape index (κ2) is 5.48. The quantitative estimate of drug-likeness (QED) is 0.419. The summed E-state index contributed by atoms with van der Waals surface area (Å²) in [6, 6.07) is 15.0. The molecule has 0 amide bonds. The van der Waals surface area contributed by atoms with Crippen LogP contribution in [0.1, 0.15) is 5.56 Å². The van der Waals surface area contributed by atoms with Gasteiger partial charge in [-0.15, -0.1) is 0 Å². The summed E-state index contributed by atoms with van der Waals surface area (Å²) in [4.78, 5) is 4.39. The van der Waals surface area contributed by atoms with Crippen molar-refractivity contribution in [1.29, 1.82) is 0 Å². The minimum Gasteiger partial charge on any atom is -0.464 e. The van der Waals surface area contributed by atoms with Crippen molar-refractivity contribution in [2.24, 2.45) is 4.99 Å². The molecule has 3 rings (SSSR count). The van der Waals surface area contributed by atoms with E-state index >= 15 is 0 Å². The molecule has 0 radical (unpaired) electrons. The number of rotatable bonds is 2. The van der Waals surface area contributed by atoms with Gasteiger partial charge in [-0.25, -0.2) is 4.99 Å². The molecule has 0 aliphatic carbocycles. The van der Waals surface area contributed by atoms with Gasteiger partial charge in [0.15, 0.2) is 5.84 Å². The lowest BCUT2D eigenvalue weighted by Gasteiger charge is -2.05. The summed E-state index contributed by atoms with van der Waals surface area (Å²) in [5, 5.41) is 10.3. The van der Waals surface area contributed by atoms with Crippen LogP contribution in [0.4, 0.5) is 5.69 Å². The highest BCUT2D eigenvalue weighted by molar-refractivity contribution is 9.10. The smallest absolute Gasteiger partial charge is 0.157 e. The van der Waals surface area contributed by atoms with Gasteiger partial charge in [0.05, 0.1) is 12.0 Å². The fourth-order valence-electron chi connectivity index (χ4n) is 1.94. The summed E-state index contributed by atoms with van der Waals surface area (Å²) in [7, 11) is 0. The first-order chi connectivity index (χ1) is 9.76. The predicted octanol–water partition coefficient (Wildman–Crippen LogP) is 4.25. The van der Waals surface area contributed by atoms with Crippen molar-refractivity contribution in [1.82, 2.24) is 5.48 Å². The topological polar surface area (TPSA) is 57.8 Å². The molecule has 1 aromatic heterocycles. The first-order valence-corrected chi connectivity index (χ1v) is 6.77. The summed E-state index contributed by atoms with van der Waals surface area (Å²) in [5.41, 5.74) is 4.46. The van der Waals surface area contributed by atoms with Gasteiger partial charge in [-0.2, -0.15) is 0 Å². The van der Waals surface area contributed by atoms with E-state index in [1.54, 1.807) is 6.26 Å². The number of hydrogen-bond donors (Lipinski definition) is 2. The van der Waals surface area contributed by atoms with Crippen LogP contribution in [0.25, 0.3) is 11.0 Å². The average molecular weight is 331 g/mol. The fourth-order valence-corrected chi connectivity index (χ4v) is 2.33. The minimum absolute atomic E-state index is 0.381. The van der Waals surface area contributed by atoms with Crippen molar-refractivity contribution >= 4 is 38.4 Å². The van der Waals surface area contributed by atoms with E-state index in [1.165, 1.54) is 0 Å². The van der Waals surface area contributed by atoms with E-state index in [0.717, 1.165) is 26.7 Å². The number of nitrogens with one attached hydrogen (secondary N) is 1. The maximum Gasteiger partial charge on any atom is 0.157 e. The minimum atomic E-state index is 0.381. The van der Waals surface area contributed by atoms with E-state index < -0.39 is 0 Å². The van der Waals surface area contributed by atoms with Crippen LogP contribution < -0.4 is 5.48 Å². The Kier molecular flexibility index (Phi) is 3.54. The molecule has 0 fully saturated rings. The van der Waals surface area contributed by atoms with Gasteiger partial charge in [0.25, 0.3) is 0 Å². The molecule has 2 N–H and O–H groups in total. The fraction of sp³-hybridized carbons (Fsp3) is 0. The highest BCUT2D eigenvalue weighted by Crippen LogP contribution is 2.21. The normalized spacial score (nSPS) is 11.8. The largest absolute Gasteiger partial charge is 0.464 e. The molecule has 0 saturated carbocycles. The lowest BCUT2D eigenvalue weighted by Crippen LogP contribution is -2.19. The van der Waals surface area contributed by atoms with Gasteiger partial charge < -0.3 is 4.42 Å². The predicted molar refractivity (Wildman–Crippen MR) is 81.5 cm³/mol. The van der Waals surface area contributed by atoms with Crippen molar-refractivity contribution in [2.75, 3.05) is 0 Å². The van der Waals surface area contributed by atoms with Crippen LogP contribution in [-0.2, 0) is 0 Å².